The molecule has 0 amide bonds. The smallest absolute Gasteiger partial charge is 0.0205 e. The number of rotatable bonds is 12. The molecule has 0 fully saturated rings. The summed E-state index contributed by atoms with van der Waals surface area (Å²) in [5, 5.41) is 3.59. The highest BCUT2D eigenvalue weighted by atomic mass is 14.8. The van der Waals surface area contributed by atoms with Crippen molar-refractivity contribution in [3.63, 3.8) is 0 Å². The molecule has 0 bridgehead atoms. The van der Waals surface area contributed by atoms with E-state index in [4.69, 9.17) is 0 Å². The van der Waals surface area contributed by atoms with Gasteiger partial charge in [-0.3, -0.25) is 0 Å². The Hall–Kier alpha value is -1.60. The third kappa shape index (κ3) is 7.31. The Balaban J connectivity index is 1.60. The van der Waals surface area contributed by atoms with Crippen molar-refractivity contribution >= 4 is 0 Å². The van der Waals surface area contributed by atoms with Crippen LogP contribution in [0, 0.1) is 0 Å². The highest BCUT2D eigenvalue weighted by Crippen LogP contribution is 2.19. The van der Waals surface area contributed by atoms with Gasteiger partial charge in [0.2, 0.25) is 0 Å². The molecule has 0 heterocycles. The Morgan fingerprint density at radius 1 is 0.667 bits per heavy atom. The van der Waals surface area contributed by atoms with Crippen LogP contribution in [-0.4, -0.2) is 6.54 Å². The molecular formula is C23H33N. The maximum Gasteiger partial charge on any atom is 0.0205 e. The van der Waals surface area contributed by atoms with Crippen molar-refractivity contribution in [3.05, 3.63) is 60.2 Å². The van der Waals surface area contributed by atoms with E-state index in [-0.39, 0.29) is 0 Å². The molecule has 0 aliphatic rings. The van der Waals surface area contributed by atoms with Gasteiger partial charge in [-0.15, -0.1) is 0 Å². The van der Waals surface area contributed by atoms with Gasteiger partial charge in [-0.05, 0) is 35.7 Å². The predicted octanol–water partition coefficient (Wildman–Crippen LogP) is 6.58. The van der Waals surface area contributed by atoms with Gasteiger partial charge in [-0.25, -0.2) is 0 Å². The Morgan fingerprint density at radius 2 is 1.33 bits per heavy atom. The van der Waals surface area contributed by atoms with Crippen LogP contribution in [0.5, 0.6) is 0 Å². The molecule has 0 aliphatic carbocycles. The second kappa shape index (κ2) is 11.9. The third-order valence-electron chi connectivity index (χ3n) is 4.57. The highest BCUT2D eigenvalue weighted by Gasteiger charge is 1.99. The Morgan fingerprint density at radius 3 is 2.08 bits per heavy atom. The SMILES string of the molecule is CCCCCCCCCCNCc1cccc(-c2ccccc2)c1. The summed E-state index contributed by atoms with van der Waals surface area (Å²) < 4.78 is 0. The van der Waals surface area contributed by atoms with Crippen molar-refractivity contribution in [1.29, 1.82) is 0 Å². The van der Waals surface area contributed by atoms with E-state index in [9.17, 15) is 0 Å². The van der Waals surface area contributed by atoms with Gasteiger partial charge in [0.25, 0.3) is 0 Å². The first kappa shape index (κ1) is 18.7. The molecule has 24 heavy (non-hydrogen) atoms. The Labute approximate surface area is 148 Å². The second-order valence-corrected chi connectivity index (χ2v) is 6.72. The van der Waals surface area contributed by atoms with Crippen LogP contribution < -0.4 is 5.32 Å². The molecule has 0 aromatic heterocycles. The summed E-state index contributed by atoms with van der Waals surface area (Å²) in [6, 6.07) is 19.5. The van der Waals surface area contributed by atoms with Crippen LogP contribution in [-0.2, 0) is 6.54 Å². The van der Waals surface area contributed by atoms with Gasteiger partial charge in [0.05, 0.1) is 0 Å². The Bertz CT molecular complexity index is 547. The summed E-state index contributed by atoms with van der Waals surface area (Å²) in [6.07, 6.45) is 11.1. The summed E-state index contributed by atoms with van der Waals surface area (Å²) in [5.74, 6) is 0. The van der Waals surface area contributed by atoms with E-state index in [2.05, 4.69) is 66.8 Å². The molecule has 130 valence electrons. The predicted molar refractivity (Wildman–Crippen MR) is 106 cm³/mol. The maximum absolute atomic E-state index is 3.59. The van der Waals surface area contributed by atoms with Crippen molar-refractivity contribution in [2.75, 3.05) is 6.54 Å². The summed E-state index contributed by atoms with van der Waals surface area (Å²) in [5.41, 5.74) is 3.97. The van der Waals surface area contributed by atoms with Crippen molar-refractivity contribution in [2.24, 2.45) is 0 Å². The summed E-state index contributed by atoms with van der Waals surface area (Å²) in [4.78, 5) is 0. The van der Waals surface area contributed by atoms with E-state index in [0.717, 1.165) is 13.1 Å². The molecule has 0 spiro atoms. The van der Waals surface area contributed by atoms with Gasteiger partial charge >= 0.3 is 0 Å². The van der Waals surface area contributed by atoms with E-state index in [1.165, 1.54) is 68.1 Å². The monoisotopic (exact) mass is 323 g/mol. The molecule has 0 atom stereocenters. The molecule has 0 radical (unpaired) electrons. The molecule has 2 rings (SSSR count). The zero-order valence-corrected chi connectivity index (χ0v) is 15.3. The second-order valence-electron chi connectivity index (χ2n) is 6.72. The fourth-order valence-electron chi connectivity index (χ4n) is 3.11. The largest absolute Gasteiger partial charge is 0.313 e. The summed E-state index contributed by atoms with van der Waals surface area (Å²) in [6.45, 7) is 4.38. The number of hydrogen-bond donors (Lipinski definition) is 1. The number of benzene rings is 2. The minimum absolute atomic E-state index is 0.969. The minimum atomic E-state index is 0.969. The first-order valence-corrected chi connectivity index (χ1v) is 9.75. The van der Waals surface area contributed by atoms with Gasteiger partial charge in [0.1, 0.15) is 0 Å². The van der Waals surface area contributed by atoms with Crippen LogP contribution in [0.25, 0.3) is 11.1 Å². The lowest BCUT2D eigenvalue weighted by molar-refractivity contribution is 0.555. The van der Waals surface area contributed by atoms with Gasteiger partial charge < -0.3 is 5.32 Å². The average molecular weight is 324 g/mol. The van der Waals surface area contributed by atoms with Gasteiger partial charge in [-0.2, -0.15) is 0 Å². The zero-order valence-electron chi connectivity index (χ0n) is 15.3. The quantitative estimate of drug-likeness (QED) is 0.435. The van der Waals surface area contributed by atoms with Crippen LogP contribution in [0.15, 0.2) is 54.6 Å². The molecule has 1 heteroatoms. The van der Waals surface area contributed by atoms with Crippen LogP contribution in [0.4, 0.5) is 0 Å². The standard InChI is InChI=1S/C23H33N/c1-2-3-4-5-6-7-8-12-18-24-20-21-14-13-17-23(19-21)22-15-10-9-11-16-22/h9-11,13-17,19,24H,2-8,12,18,20H2,1H3. The van der Waals surface area contributed by atoms with E-state index in [0.29, 0.717) is 0 Å². The first-order valence-electron chi connectivity index (χ1n) is 9.75. The van der Waals surface area contributed by atoms with Crippen LogP contribution in [0.3, 0.4) is 0 Å². The molecular weight excluding hydrogens is 290 g/mol. The lowest BCUT2D eigenvalue weighted by Crippen LogP contribution is -2.14. The van der Waals surface area contributed by atoms with E-state index in [1.54, 1.807) is 0 Å². The lowest BCUT2D eigenvalue weighted by atomic mass is 10.0. The zero-order chi connectivity index (χ0) is 16.9. The van der Waals surface area contributed by atoms with Crippen LogP contribution in [0.1, 0.15) is 63.9 Å². The molecule has 2 aromatic rings. The van der Waals surface area contributed by atoms with Gasteiger partial charge in [0, 0.05) is 6.54 Å². The van der Waals surface area contributed by atoms with E-state index in [1.807, 2.05) is 0 Å². The number of nitrogens with one attached hydrogen (secondary N) is 1. The van der Waals surface area contributed by atoms with Crippen molar-refractivity contribution < 1.29 is 0 Å². The Kier molecular flexibility index (Phi) is 9.26. The van der Waals surface area contributed by atoms with Crippen molar-refractivity contribution in [2.45, 2.75) is 64.8 Å². The maximum atomic E-state index is 3.59. The normalized spacial score (nSPS) is 10.9. The summed E-state index contributed by atoms with van der Waals surface area (Å²) >= 11 is 0. The lowest BCUT2D eigenvalue weighted by Gasteiger charge is -2.08. The molecule has 1 N–H and O–H groups in total. The van der Waals surface area contributed by atoms with E-state index >= 15 is 0 Å². The molecule has 0 saturated carbocycles. The first-order chi connectivity index (χ1) is 11.9. The third-order valence-corrected chi connectivity index (χ3v) is 4.57. The molecule has 2 aromatic carbocycles. The fourth-order valence-corrected chi connectivity index (χ4v) is 3.11. The number of unbranched alkanes of at least 4 members (excludes halogenated alkanes) is 7. The van der Waals surface area contributed by atoms with Crippen LogP contribution >= 0.6 is 0 Å². The number of hydrogen-bond acceptors (Lipinski definition) is 1. The van der Waals surface area contributed by atoms with E-state index < -0.39 is 0 Å². The minimum Gasteiger partial charge on any atom is -0.313 e. The highest BCUT2D eigenvalue weighted by molar-refractivity contribution is 5.63. The topological polar surface area (TPSA) is 12.0 Å². The van der Waals surface area contributed by atoms with Gasteiger partial charge in [-0.1, -0.05) is 100 Å². The summed E-state index contributed by atoms with van der Waals surface area (Å²) in [7, 11) is 0. The molecule has 0 saturated heterocycles. The fraction of sp³-hybridized carbons (Fsp3) is 0.478. The van der Waals surface area contributed by atoms with Gasteiger partial charge in [0.15, 0.2) is 0 Å². The molecule has 0 aliphatic heterocycles. The van der Waals surface area contributed by atoms with Crippen molar-refractivity contribution in [1.82, 2.24) is 5.32 Å². The molecule has 0 unspecified atom stereocenters. The van der Waals surface area contributed by atoms with Crippen LogP contribution in [0.2, 0.25) is 0 Å². The average Bonchev–Trinajstić information content (AvgIpc) is 2.64. The van der Waals surface area contributed by atoms with Crippen molar-refractivity contribution in [3.8, 4) is 11.1 Å². The molecule has 1 nitrogen and oxygen atoms in total.